The monoisotopic (exact) mass is 586 g/mol. The molecule has 0 aliphatic rings. The lowest BCUT2D eigenvalue weighted by Crippen LogP contribution is -2.29. The van der Waals surface area contributed by atoms with Gasteiger partial charge < -0.3 is 18.6 Å². The van der Waals surface area contributed by atoms with Gasteiger partial charge in [-0.3, -0.25) is 20.4 Å². The van der Waals surface area contributed by atoms with Crippen molar-refractivity contribution in [3.8, 4) is 45.4 Å². The predicted octanol–water partition coefficient (Wildman–Crippen LogP) is 4.98. The molecule has 0 atom stereocenters. The molecule has 0 saturated heterocycles. The summed E-state index contributed by atoms with van der Waals surface area (Å²) in [6, 6.07) is 34.5. The molecule has 2 amide bonds. The van der Waals surface area contributed by atoms with Gasteiger partial charge in [-0.25, -0.2) is 11.7 Å². The lowest BCUT2D eigenvalue weighted by atomic mass is 10.1. The average Bonchev–Trinajstić information content (AvgIpc) is 3.64. The number of hydrogen-bond acceptors (Lipinski definition) is 6. The molecule has 0 radical (unpaired) electrons. The van der Waals surface area contributed by atoms with Gasteiger partial charge in [0.2, 0.25) is 0 Å². The number of aromatic nitrogens is 2. The van der Waals surface area contributed by atoms with Crippen molar-refractivity contribution in [2.45, 2.75) is 0 Å². The van der Waals surface area contributed by atoms with Gasteiger partial charge in [0.15, 0.2) is 0 Å². The number of nitrogens with one attached hydrogen (secondary N) is 2. The van der Waals surface area contributed by atoms with Gasteiger partial charge in [0.1, 0.15) is 11.5 Å². The second-order valence-electron chi connectivity index (χ2n) is 10.00. The van der Waals surface area contributed by atoms with Crippen LogP contribution < -0.4 is 32.0 Å². The topological polar surface area (TPSA) is 139 Å². The van der Waals surface area contributed by atoms with Gasteiger partial charge in [-0.05, 0) is 96.1 Å². The van der Waals surface area contributed by atoms with E-state index < -0.39 is 0 Å². The summed E-state index contributed by atoms with van der Waals surface area (Å²) in [4.78, 5) is 24.2. The number of ether oxygens (including phenoxy) is 2. The Balaban J connectivity index is 1.62. The quantitative estimate of drug-likeness (QED) is 0.113. The molecule has 0 aliphatic heterocycles. The van der Waals surface area contributed by atoms with Gasteiger partial charge in [-0.15, -0.1) is 0 Å². The summed E-state index contributed by atoms with van der Waals surface area (Å²) in [5.41, 5.74) is 12.7. The third-order valence-corrected chi connectivity index (χ3v) is 7.58. The van der Waals surface area contributed by atoms with E-state index in [9.17, 15) is 9.59 Å². The highest BCUT2D eigenvalue weighted by Gasteiger charge is 2.21. The van der Waals surface area contributed by atoms with E-state index in [1.165, 1.54) is 0 Å². The molecule has 0 unspecified atom stereocenters. The molecule has 0 spiro atoms. The number of nitrogens with zero attached hydrogens (tertiary/aromatic N) is 2. The fourth-order valence-corrected chi connectivity index (χ4v) is 5.35. The Labute approximate surface area is 253 Å². The SMILES string of the molecule is COc1ccc(-n2c(-c3ccc(C(=O)NN)cc3)cc3c2cc(-c2ccc(C(=O)NN)cc2)n3-c2ccc(OC)cc2)cc1. The lowest BCUT2D eigenvalue weighted by molar-refractivity contribution is 0.0945. The minimum atomic E-state index is -0.363. The van der Waals surface area contributed by atoms with Crippen LogP contribution in [-0.4, -0.2) is 35.2 Å². The smallest absolute Gasteiger partial charge is 0.265 e. The molecule has 0 fully saturated rings. The Morgan fingerprint density at radius 2 is 0.886 bits per heavy atom. The summed E-state index contributed by atoms with van der Waals surface area (Å²) in [5, 5.41) is 0. The molecule has 2 aromatic heterocycles. The number of fused-ring (bicyclic) bond motifs is 1. The molecule has 6 rings (SSSR count). The van der Waals surface area contributed by atoms with Crippen molar-refractivity contribution >= 4 is 22.8 Å². The van der Waals surface area contributed by atoms with Crippen LogP contribution in [0.5, 0.6) is 11.5 Å². The molecular weight excluding hydrogens is 556 g/mol. The molecular formula is C34H30N6O4. The molecule has 10 heteroatoms. The fraction of sp³-hybridized carbons (Fsp3) is 0.0588. The summed E-state index contributed by atoms with van der Waals surface area (Å²) < 4.78 is 15.2. The van der Waals surface area contributed by atoms with Crippen LogP contribution in [0.3, 0.4) is 0 Å². The summed E-state index contributed by atoms with van der Waals surface area (Å²) in [7, 11) is 3.27. The van der Waals surface area contributed by atoms with Crippen LogP contribution in [0.1, 0.15) is 20.7 Å². The number of amides is 2. The predicted molar refractivity (Wildman–Crippen MR) is 170 cm³/mol. The second-order valence-corrected chi connectivity index (χ2v) is 10.00. The molecule has 10 nitrogen and oxygen atoms in total. The van der Waals surface area contributed by atoms with E-state index in [4.69, 9.17) is 21.2 Å². The number of carbonyl (C=O) groups is 2. The minimum absolute atomic E-state index is 0.363. The van der Waals surface area contributed by atoms with E-state index in [1.54, 1.807) is 38.5 Å². The summed E-state index contributed by atoms with van der Waals surface area (Å²) in [6.07, 6.45) is 0. The highest BCUT2D eigenvalue weighted by atomic mass is 16.5. The first kappa shape index (κ1) is 28.3. The third kappa shape index (κ3) is 5.04. The maximum atomic E-state index is 12.1. The number of methoxy groups -OCH3 is 2. The van der Waals surface area contributed by atoms with Crippen molar-refractivity contribution in [2.75, 3.05) is 14.2 Å². The van der Waals surface area contributed by atoms with Crippen molar-refractivity contribution < 1.29 is 19.1 Å². The molecule has 6 N–H and O–H groups in total. The Bertz CT molecular complexity index is 1810. The summed E-state index contributed by atoms with van der Waals surface area (Å²) in [6.45, 7) is 0. The van der Waals surface area contributed by atoms with E-state index in [-0.39, 0.29) is 11.8 Å². The van der Waals surface area contributed by atoms with Crippen LogP contribution in [0.4, 0.5) is 0 Å². The summed E-state index contributed by atoms with van der Waals surface area (Å²) in [5.74, 6) is 11.5. The normalized spacial score (nSPS) is 10.9. The minimum Gasteiger partial charge on any atom is -0.497 e. The number of hydrogen-bond donors (Lipinski definition) is 4. The van der Waals surface area contributed by atoms with Gasteiger partial charge in [0.05, 0.1) is 36.6 Å². The number of nitrogens with two attached hydrogens (primary N) is 2. The summed E-state index contributed by atoms with van der Waals surface area (Å²) >= 11 is 0. The zero-order chi connectivity index (χ0) is 30.8. The maximum Gasteiger partial charge on any atom is 0.265 e. The molecule has 44 heavy (non-hydrogen) atoms. The van der Waals surface area contributed by atoms with Crippen molar-refractivity contribution in [3.05, 3.63) is 120 Å². The third-order valence-electron chi connectivity index (χ3n) is 7.58. The Kier molecular flexibility index (Phi) is 7.59. The molecule has 4 aromatic carbocycles. The Hall–Kier alpha value is -5.84. The van der Waals surface area contributed by atoms with Crippen LogP contribution in [0.15, 0.2) is 109 Å². The maximum absolute atomic E-state index is 12.1. The number of rotatable bonds is 8. The van der Waals surface area contributed by atoms with Crippen molar-refractivity contribution in [2.24, 2.45) is 11.7 Å². The van der Waals surface area contributed by atoms with Crippen LogP contribution in [-0.2, 0) is 0 Å². The average molecular weight is 587 g/mol. The first-order chi connectivity index (χ1) is 21.4. The number of hydrazine groups is 2. The van der Waals surface area contributed by atoms with Crippen molar-refractivity contribution in [1.29, 1.82) is 0 Å². The van der Waals surface area contributed by atoms with Gasteiger partial charge in [-0.2, -0.15) is 0 Å². The van der Waals surface area contributed by atoms with Gasteiger partial charge in [-0.1, -0.05) is 24.3 Å². The first-order valence-electron chi connectivity index (χ1n) is 13.7. The van der Waals surface area contributed by atoms with Gasteiger partial charge in [0.25, 0.3) is 11.8 Å². The number of benzene rings is 4. The second kappa shape index (κ2) is 11.8. The molecule has 0 saturated carbocycles. The standard InChI is InChI=1S/C34H30N6O4/c1-43-27-15-11-25(12-16-27)39-29(21-3-7-23(8-4-21)33(41)37-35)19-32-31(39)20-30(22-5-9-24(10-6-22)34(42)38-36)40(32)26-13-17-28(44-2)18-14-26/h3-20H,35-36H2,1-2H3,(H,37,41)(H,38,42). The number of carbonyl (C=O) groups excluding carboxylic acids is 2. The molecule has 0 aliphatic carbocycles. The van der Waals surface area contributed by atoms with E-state index in [2.05, 4.69) is 32.1 Å². The molecule has 0 bridgehead atoms. The lowest BCUT2D eigenvalue weighted by Gasteiger charge is -2.13. The van der Waals surface area contributed by atoms with E-state index >= 15 is 0 Å². The van der Waals surface area contributed by atoms with E-state index in [0.29, 0.717) is 11.1 Å². The largest absolute Gasteiger partial charge is 0.497 e. The van der Waals surface area contributed by atoms with Crippen molar-refractivity contribution in [3.63, 3.8) is 0 Å². The fourth-order valence-electron chi connectivity index (χ4n) is 5.35. The zero-order valence-electron chi connectivity index (χ0n) is 24.1. The van der Waals surface area contributed by atoms with Crippen LogP contribution >= 0.6 is 0 Å². The van der Waals surface area contributed by atoms with Crippen LogP contribution in [0, 0.1) is 0 Å². The zero-order valence-corrected chi connectivity index (χ0v) is 24.1. The van der Waals surface area contributed by atoms with E-state index in [0.717, 1.165) is 56.4 Å². The Morgan fingerprint density at radius 1 is 0.545 bits per heavy atom. The van der Waals surface area contributed by atoms with Gasteiger partial charge in [0, 0.05) is 22.5 Å². The first-order valence-corrected chi connectivity index (χ1v) is 13.7. The van der Waals surface area contributed by atoms with Crippen LogP contribution in [0.2, 0.25) is 0 Å². The van der Waals surface area contributed by atoms with Crippen LogP contribution in [0.25, 0.3) is 44.9 Å². The Morgan fingerprint density at radius 3 is 1.18 bits per heavy atom. The molecule has 220 valence electrons. The molecule has 6 aromatic rings. The highest BCUT2D eigenvalue weighted by Crippen LogP contribution is 2.39. The van der Waals surface area contributed by atoms with Crippen molar-refractivity contribution in [1.82, 2.24) is 20.0 Å². The van der Waals surface area contributed by atoms with E-state index in [1.807, 2.05) is 72.8 Å². The molecule has 2 heterocycles. The number of nitrogen functional groups attached to an aromatic ring is 2. The highest BCUT2D eigenvalue weighted by molar-refractivity contribution is 5.97. The van der Waals surface area contributed by atoms with Gasteiger partial charge >= 0.3 is 0 Å².